The van der Waals surface area contributed by atoms with Crippen LogP contribution in [0, 0.1) is 27.6 Å². The van der Waals surface area contributed by atoms with E-state index < -0.39 is 13.7 Å². The maximum Gasteiger partial charge on any atom is 0.149 e. The Labute approximate surface area is 387 Å². The van der Waals surface area contributed by atoms with Crippen LogP contribution in [-0.4, -0.2) is 19.6 Å². The van der Waals surface area contributed by atoms with Crippen molar-refractivity contribution in [3.8, 4) is 78.6 Å². The van der Waals surface area contributed by atoms with Gasteiger partial charge in [-0.3, -0.25) is 9.55 Å². The maximum atomic E-state index is 12.0. The van der Waals surface area contributed by atoms with Crippen LogP contribution in [-0.2, 0) is 10.8 Å². The van der Waals surface area contributed by atoms with Gasteiger partial charge in [0.2, 0.25) is 0 Å². The van der Waals surface area contributed by atoms with Crippen molar-refractivity contribution in [3.05, 3.63) is 191 Å². The minimum absolute atomic E-state index is 0.0905. The molecule has 0 saturated heterocycles. The standard InChI is InChI=1S/C60H57N3O/c1-37-19-21-41(22-20-37)44-27-28-61-53(35-44)46-32-45(33-48(34-46)60(8,9)10)49-17-14-18-54-56(49)62-58(52-30-38(2)29-40(4)57(52)64)63(54)55-31-39(3)50(42-15-12-11-13-16-42)36-51(55)43-23-25-47(26-24-43)59(5,6)7/h11-36,64H,1-10H3/i1D3,3D3. The number of aromatic nitrogens is 3. The summed E-state index contributed by atoms with van der Waals surface area (Å²) in [5, 5.41) is 12.0. The normalized spacial score (nSPS) is 13.8. The zero-order valence-corrected chi connectivity index (χ0v) is 37.8. The molecule has 0 bridgehead atoms. The number of imidazole rings is 1. The largest absolute Gasteiger partial charge is 0.507 e. The molecule has 0 aliphatic rings. The van der Waals surface area contributed by atoms with Crippen LogP contribution >= 0.6 is 0 Å². The molecule has 0 radical (unpaired) electrons. The first-order valence-corrected chi connectivity index (χ1v) is 21.9. The summed E-state index contributed by atoms with van der Waals surface area (Å²) in [7, 11) is 0. The Hall–Kier alpha value is -7.04. The Balaban J connectivity index is 1.33. The first kappa shape index (κ1) is 35.4. The molecule has 0 amide bonds. The smallest absolute Gasteiger partial charge is 0.149 e. The molecule has 1 N–H and O–H groups in total. The van der Waals surface area contributed by atoms with Crippen molar-refractivity contribution in [3.63, 3.8) is 0 Å². The Morgan fingerprint density at radius 1 is 0.500 bits per heavy atom. The van der Waals surface area contributed by atoms with Gasteiger partial charge in [-0.1, -0.05) is 150 Å². The molecule has 9 rings (SSSR count). The topological polar surface area (TPSA) is 50.9 Å². The predicted molar refractivity (Wildman–Crippen MR) is 269 cm³/mol. The Morgan fingerprint density at radius 3 is 1.91 bits per heavy atom. The first-order valence-electron chi connectivity index (χ1n) is 24.9. The highest BCUT2D eigenvalue weighted by molar-refractivity contribution is 5.98. The highest BCUT2D eigenvalue weighted by Crippen LogP contribution is 2.44. The fourth-order valence-electron chi connectivity index (χ4n) is 8.69. The summed E-state index contributed by atoms with van der Waals surface area (Å²) >= 11 is 0. The van der Waals surface area contributed by atoms with Gasteiger partial charge in [0.1, 0.15) is 11.6 Å². The van der Waals surface area contributed by atoms with E-state index in [1.807, 2.05) is 103 Å². The minimum Gasteiger partial charge on any atom is -0.507 e. The molecule has 4 nitrogen and oxygen atoms in total. The quantitative estimate of drug-likeness (QED) is 0.174. The second-order valence-corrected chi connectivity index (χ2v) is 19.1. The van der Waals surface area contributed by atoms with E-state index in [1.54, 1.807) is 24.4 Å². The minimum atomic E-state index is -2.49. The van der Waals surface area contributed by atoms with Gasteiger partial charge in [-0.15, -0.1) is 0 Å². The molecule has 0 saturated carbocycles. The number of aryl methyl sites for hydroxylation is 4. The van der Waals surface area contributed by atoms with Gasteiger partial charge in [0.25, 0.3) is 0 Å². The van der Waals surface area contributed by atoms with E-state index in [2.05, 4.69) is 90.1 Å². The molecule has 0 spiro atoms. The third-order valence-electron chi connectivity index (χ3n) is 12.3. The van der Waals surface area contributed by atoms with E-state index in [4.69, 9.17) is 18.2 Å². The van der Waals surface area contributed by atoms with Crippen molar-refractivity contribution in [2.24, 2.45) is 0 Å². The number of phenolic OH excluding ortho intramolecular Hbond substituents is 1. The van der Waals surface area contributed by atoms with Crippen molar-refractivity contribution < 1.29 is 13.3 Å². The lowest BCUT2D eigenvalue weighted by molar-refractivity contribution is 0.472. The summed E-state index contributed by atoms with van der Waals surface area (Å²) in [6.07, 6.45) is 1.78. The lowest BCUT2D eigenvalue weighted by Crippen LogP contribution is -2.11. The zero-order valence-electron chi connectivity index (χ0n) is 43.8. The molecule has 0 atom stereocenters. The number of hydrogen-bond donors (Lipinski definition) is 1. The van der Waals surface area contributed by atoms with Gasteiger partial charge in [-0.25, -0.2) is 4.98 Å². The monoisotopic (exact) mass is 841 g/mol. The lowest BCUT2D eigenvalue weighted by atomic mass is 9.83. The number of phenols is 1. The number of rotatable bonds is 7. The summed E-state index contributed by atoms with van der Waals surface area (Å²) in [5.74, 6) is 0.557. The second kappa shape index (κ2) is 16.3. The number of fused-ring (bicyclic) bond motifs is 1. The van der Waals surface area contributed by atoms with Gasteiger partial charge >= 0.3 is 0 Å². The Morgan fingerprint density at radius 2 is 1.20 bits per heavy atom. The third-order valence-corrected chi connectivity index (χ3v) is 12.3. The molecule has 7 aromatic carbocycles. The SMILES string of the molecule is [2H]C([2H])([2H])c1ccc(-c2ccnc(-c3cc(-c4cccc5c4nc(-c4cc(C)cc(C)c4O)n5-c4cc(C([2H])([2H])[2H])c(-c5ccccc5)cc4-c4ccc(C(C)(C)C)cc4)cc(C(C)(C)C)c3)c2)cc1. The number of benzene rings is 7. The highest BCUT2D eigenvalue weighted by atomic mass is 16.3. The summed E-state index contributed by atoms with van der Waals surface area (Å²) in [5.41, 5.74) is 14.8. The average molecular weight is 842 g/mol. The number of pyridine rings is 1. The van der Waals surface area contributed by atoms with E-state index in [9.17, 15) is 5.11 Å². The third kappa shape index (κ3) is 8.05. The van der Waals surface area contributed by atoms with Gasteiger partial charge in [0, 0.05) is 31.1 Å². The number of hydrogen-bond acceptors (Lipinski definition) is 3. The molecule has 9 aromatic rings. The van der Waals surface area contributed by atoms with Crippen LogP contribution in [0.5, 0.6) is 5.75 Å². The van der Waals surface area contributed by atoms with E-state index >= 15 is 0 Å². The molecule has 4 heteroatoms. The molecule has 0 fully saturated rings. The van der Waals surface area contributed by atoms with Crippen molar-refractivity contribution >= 4 is 11.0 Å². The van der Waals surface area contributed by atoms with Crippen LogP contribution in [0.1, 0.15) is 83.1 Å². The van der Waals surface area contributed by atoms with Gasteiger partial charge in [0.05, 0.1) is 28.0 Å². The number of para-hydroxylation sites is 1. The van der Waals surface area contributed by atoms with Crippen LogP contribution in [0.25, 0.3) is 83.9 Å². The van der Waals surface area contributed by atoms with Gasteiger partial charge in [-0.2, -0.15) is 0 Å². The molecule has 0 unspecified atom stereocenters. The van der Waals surface area contributed by atoms with Crippen LogP contribution in [0.15, 0.2) is 158 Å². The summed E-state index contributed by atoms with van der Waals surface area (Å²) in [6, 6.07) is 49.4. The van der Waals surface area contributed by atoms with Gasteiger partial charge in [-0.05, 0) is 148 Å². The summed E-state index contributed by atoms with van der Waals surface area (Å²) in [4.78, 5) is 10.4. The van der Waals surface area contributed by atoms with Crippen LogP contribution in [0.3, 0.4) is 0 Å². The number of aromatic hydroxyl groups is 1. The van der Waals surface area contributed by atoms with Gasteiger partial charge < -0.3 is 5.11 Å². The van der Waals surface area contributed by atoms with Crippen molar-refractivity contribution in [1.29, 1.82) is 0 Å². The second-order valence-electron chi connectivity index (χ2n) is 19.1. The first-order chi connectivity index (χ1) is 33.0. The molecular formula is C60H57N3O. The summed E-state index contributed by atoms with van der Waals surface area (Å²) < 4.78 is 52.5. The van der Waals surface area contributed by atoms with Crippen LogP contribution in [0.4, 0.5) is 0 Å². The van der Waals surface area contributed by atoms with Gasteiger partial charge in [0.15, 0.2) is 0 Å². The number of nitrogens with zero attached hydrogens (tertiary/aromatic N) is 3. The fourth-order valence-corrected chi connectivity index (χ4v) is 8.69. The van der Waals surface area contributed by atoms with Crippen molar-refractivity contribution in [2.75, 3.05) is 0 Å². The molecule has 0 aliphatic carbocycles. The van der Waals surface area contributed by atoms with Crippen LogP contribution < -0.4 is 0 Å². The average Bonchev–Trinajstić information content (AvgIpc) is 3.71. The fraction of sp³-hybridized carbons (Fsp3) is 0.200. The Bertz CT molecular complexity index is 3430. The predicted octanol–water partition coefficient (Wildman–Crippen LogP) is 16.0. The zero-order chi connectivity index (χ0) is 50.1. The molecule has 0 aliphatic heterocycles. The van der Waals surface area contributed by atoms with Crippen LogP contribution in [0.2, 0.25) is 0 Å². The van der Waals surface area contributed by atoms with E-state index in [1.165, 1.54) is 5.56 Å². The molecule has 318 valence electrons. The molecule has 2 heterocycles. The maximum absolute atomic E-state index is 12.0. The van der Waals surface area contributed by atoms with E-state index in [0.29, 0.717) is 33.7 Å². The van der Waals surface area contributed by atoms with Crippen molar-refractivity contribution in [1.82, 2.24) is 14.5 Å². The summed E-state index contributed by atoms with van der Waals surface area (Å²) in [6.45, 7) is 12.3. The molecular weight excluding hydrogens is 779 g/mol. The van der Waals surface area contributed by atoms with E-state index in [0.717, 1.165) is 66.8 Å². The highest BCUT2D eigenvalue weighted by Gasteiger charge is 2.25. The Kier molecular flexibility index (Phi) is 9.00. The lowest BCUT2D eigenvalue weighted by Gasteiger charge is -2.22. The van der Waals surface area contributed by atoms with E-state index in [-0.39, 0.29) is 27.7 Å². The van der Waals surface area contributed by atoms with Crippen molar-refractivity contribution in [2.45, 2.75) is 79.9 Å². The molecule has 64 heavy (non-hydrogen) atoms. The molecule has 2 aromatic heterocycles.